The zero-order valence-electron chi connectivity index (χ0n) is 9.77. The van der Waals surface area contributed by atoms with E-state index in [0.29, 0.717) is 12.5 Å². The van der Waals surface area contributed by atoms with Gasteiger partial charge in [0.25, 0.3) is 0 Å². The molecule has 4 nitrogen and oxygen atoms in total. The molecule has 1 unspecified atom stereocenters. The first-order valence-electron chi connectivity index (χ1n) is 5.70. The Morgan fingerprint density at radius 2 is 2.38 bits per heavy atom. The number of nitrogens with one attached hydrogen (secondary N) is 1. The van der Waals surface area contributed by atoms with E-state index in [2.05, 4.69) is 10.3 Å². The molecule has 4 heteroatoms. The second-order valence-electron chi connectivity index (χ2n) is 4.15. The molecule has 1 aliphatic rings. The van der Waals surface area contributed by atoms with Gasteiger partial charge < -0.3 is 14.8 Å². The highest BCUT2D eigenvalue weighted by molar-refractivity contribution is 5.18. The van der Waals surface area contributed by atoms with Gasteiger partial charge in [-0.05, 0) is 19.9 Å². The maximum Gasteiger partial charge on any atom is 0.213 e. The lowest BCUT2D eigenvalue weighted by Gasteiger charge is -2.23. The minimum absolute atomic E-state index is 0.151. The number of hydrogen-bond acceptors (Lipinski definition) is 4. The van der Waals surface area contributed by atoms with Gasteiger partial charge in [-0.25, -0.2) is 4.98 Å². The van der Waals surface area contributed by atoms with E-state index in [1.165, 1.54) is 0 Å². The average Bonchev–Trinajstić information content (AvgIpc) is 2.30. The van der Waals surface area contributed by atoms with Crippen molar-refractivity contribution in [1.82, 2.24) is 10.3 Å². The number of nitrogens with zero attached hydrogens (tertiary/aromatic N) is 1. The molecule has 0 radical (unpaired) electrons. The van der Waals surface area contributed by atoms with Gasteiger partial charge in [0.2, 0.25) is 5.88 Å². The van der Waals surface area contributed by atoms with Gasteiger partial charge in [0.15, 0.2) is 0 Å². The molecular weight excluding hydrogens is 204 g/mol. The van der Waals surface area contributed by atoms with Crippen LogP contribution in [0, 0.1) is 0 Å². The van der Waals surface area contributed by atoms with Crippen molar-refractivity contribution in [3.8, 4) is 5.88 Å². The first kappa shape index (κ1) is 11.4. The van der Waals surface area contributed by atoms with Gasteiger partial charge in [0.05, 0.1) is 31.1 Å². The van der Waals surface area contributed by atoms with Crippen LogP contribution in [0.4, 0.5) is 0 Å². The summed E-state index contributed by atoms with van der Waals surface area (Å²) in [7, 11) is 0. The largest absolute Gasteiger partial charge is 0.475 e. The molecule has 0 aliphatic carbocycles. The second kappa shape index (κ2) is 5.27. The monoisotopic (exact) mass is 222 g/mol. The molecule has 1 atom stereocenters. The Morgan fingerprint density at radius 1 is 1.50 bits per heavy atom. The van der Waals surface area contributed by atoms with Gasteiger partial charge in [0, 0.05) is 12.6 Å². The van der Waals surface area contributed by atoms with E-state index in [-0.39, 0.29) is 12.1 Å². The lowest BCUT2D eigenvalue weighted by molar-refractivity contribution is 0.0753. The Hall–Kier alpha value is -1.13. The molecule has 1 fully saturated rings. The molecule has 0 saturated carbocycles. The third-order valence-electron chi connectivity index (χ3n) is 2.38. The number of rotatable bonds is 3. The normalized spacial score (nSPS) is 21.1. The summed E-state index contributed by atoms with van der Waals surface area (Å²) in [6.07, 6.45) is 0.151. The summed E-state index contributed by atoms with van der Waals surface area (Å²) in [6.45, 7) is 6.32. The van der Waals surface area contributed by atoms with E-state index in [1.54, 1.807) is 0 Å². The molecule has 0 bridgehead atoms. The molecule has 1 aromatic rings. The minimum atomic E-state index is 0.151. The van der Waals surface area contributed by atoms with E-state index in [4.69, 9.17) is 9.47 Å². The van der Waals surface area contributed by atoms with E-state index >= 15 is 0 Å². The van der Waals surface area contributed by atoms with Gasteiger partial charge in [-0.3, -0.25) is 0 Å². The van der Waals surface area contributed by atoms with Crippen LogP contribution in [-0.4, -0.2) is 30.8 Å². The number of hydrogen-bond donors (Lipinski definition) is 1. The Labute approximate surface area is 96.0 Å². The van der Waals surface area contributed by atoms with Crippen molar-refractivity contribution in [3.63, 3.8) is 0 Å². The van der Waals surface area contributed by atoms with Crippen LogP contribution in [0.3, 0.4) is 0 Å². The van der Waals surface area contributed by atoms with Gasteiger partial charge in [-0.15, -0.1) is 0 Å². The Kier molecular flexibility index (Phi) is 3.74. The molecule has 0 spiro atoms. The van der Waals surface area contributed by atoms with Crippen molar-refractivity contribution in [2.24, 2.45) is 0 Å². The zero-order chi connectivity index (χ0) is 11.4. The number of pyridine rings is 1. The van der Waals surface area contributed by atoms with Crippen molar-refractivity contribution in [1.29, 1.82) is 0 Å². The summed E-state index contributed by atoms with van der Waals surface area (Å²) >= 11 is 0. The molecular formula is C12H18N2O2. The maximum absolute atomic E-state index is 5.57. The second-order valence-corrected chi connectivity index (χ2v) is 4.15. The predicted octanol–water partition coefficient (Wildman–Crippen LogP) is 1.53. The fourth-order valence-electron chi connectivity index (χ4n) is 1.69. The maximum atomic E-state index is 5.57. The first-order chi connectivity index (χ1) is 7.75. The third kappa shape index (κ3) is 2.93. The quantitative estimate of drug-likeness (QED) is 0.842. The fourth-order valence-corrected chi connectivity index (χ4v) is 1.69. The number of ether oxygens (including phenoxy) is 2. The average molecular weight is 222 g/mol. The van der Waals surface area contributed by atoms with Crippen LogP contribution in [-0.2, 0) is 4.74 Å². The van der Waals surface area contributed by atoms with Crippen molar-refractivity contribution in [3.05, 3.63) is 23.9 Å². The van der Waals surface area contributed by atoms with Crippen molar-refractivity contribution in [2.75, 3.05) is 19.8 Å². The van der Waals surface area contributed by atoms with Gasteiger partial charge in [0.1, 0.15) is 0 Å². The van der Waals surface area contributed by atoms with Gasteiger partial charge in [-0.1, -0.05) is 6.07 Å². The molecule has 1 aromatic heterocycles. The topological polar surface area (TPSA) is 43.4 Å². The predicted molar refractivity (Wildman–Crippen MR) is 61.6 cm³/mol. The molecule has 1 saturated heterocycles. The molecule has 16 heavy (non-hydrogen) atoms. The number of aromatic nitrogens is 1. The van der Waals surface area contributed by atoms with E-state index in [9.17, 15) is 0 Å². The van der Waals surface area contributed by atoms with Crippen molar-refractivity contribution < 1.29 is 9.47 Å². The third-order valence-corrected chi connectivity index (χ3v) is 2.38. The van der Waals surface area contributed by atoms with Crippen LogP contribution in [0.25, 0.3) is 0 Å². The van der Waals surface area contributed by atoms with Crippen LogP contribution < -0.4 is 10.1 Å². The summed E-state index contributed by atoms with van der Waals surface area (Å²) in [5.41, 5.74) is 0.984. The fraction of sp³-hybridized carbons (Fsp3) is 0.583. The lowest BCUT2D eigenvalue weighted by Crippen LogP contribution is -2.35. The summed E-state index contributed by atoms with van der Waals surface area (Å²) < 4.78 is 11.0. The standard InChI is InChI=1S/C12H18N2O2/c1-9(2)16-12-5-3-4-10(14-12)11-8-15-7-6-13-11/h3-5,9,11,13H,6-8H2,1-2H3. The highest BCUT2D eigenvalue weighted by atomic mass is 16.5. The molecule has 88 valence electrons. The Bertz CT molecular complexity index is 336. The van der Waals surface area contributed by atoms with Crippen LogP contribution in [0.15, 0.2) is 18.2 Å². The lowest BCUT2D eigenvalue weighted by atomic mass is 10.2. The smallest absolute Gasteiger partial charge is 0.213 e. The van der Waals surface area contributed by atoms with E-state index < -0.39 is 0 Å². The minimum Gasteiger partial charge on any atom is -0.475 e. The van der Waals surface area contributed by atoms with Crippen LogP contribution in [0.1, 0.15) is 25.6 Å². The SMILES string of the molecule is CC(C)Oc1cccc(C2COCCN2)n1. The summed E-state index contributed by atoms with van der Waals surface area (Å²) in [5.74, 6) is 0.680. The Balaban J connectivity index is 2.08. The first-order valence-corrected chi connectivity index (χ1v) is 5.70. The summed E-state index contributed by atoms with van der Waals surface area (Å²) in [6, 6.07) is 6.03. The highest BCUT2D eigenvalue weighted by Crippen LogP contribution is 2.17. The zero-order valence-corrected chi connectivity index (χ0v) is 9.77. The van der Waals surface area contributed by atoms with Crippen LogP contribution in [0.5, 0.6) is 5.88 Å². The van der Waals surface area contributed by atoms with E-state index in [0.717, 1.165) is 18.8 Å². The molecule has 1 aliphatic heterocycles. The van der Waals surface area contributed by atoms with Crippen LogP contribution >= 0.6 is 0 Å². The van der Waals surface area contributed by atoms with E-state index in [1.807, 2.05) is 32.0 Å². The summed E-state index contributed by atoms with van der Waals surface area (Å²) in [5, 5.41) is 3.37. The summed E-state index contributed by atoms with van der Waals surface area (Å²) in [4.78, 5) is 4.47. The van der Waals surface area contributed by atoms with Crippen molar-refractivity contribution in [2.45, 2.75) is 26.0 Å². The highest BCUT2D eigenvalue weighted by Gasteiger charge is 2.16. The number of morpholine rings is 1. The van der Waals surface area contributed by atoms with Crippen molar-refractivity contribution >= 4 is 0 Å². The van der Waals surface area contributed by atoms with Gasteiger partial charge in [-0.2, -0.15) is 0 Å². The Morgan fingerprint density at radius 3 is 3.06 bits per heavy atom. The molecule has 1 N–H and O–H groups in total. The molecule has 2 rings (SSSR count). The van der Waals surface area contributed by atoms with Gasteiger partial charge >= 0.3 is 0 Å². The molecule has 0 amide bonds. The van der Waals surface area contributed by atoms with Crippen LogP contribution in [0.2, 0.25) is 0 Å². The molecule has 2 heterocycles. The molecule has 0 aromatic carbocycles.